The number of hydrogen-bond donors (Lipinski definition) is 2. The summed E-state index contributed by atoms with van der Waals surface area (Å²) in [4.78, 5) is 21.9. The molecule has 0 saturated carbocycles. The van der Waals surface area contributed by atoms with E-state index >= 15 is 0 Å². The molecule has 0 spiro atoms. The van der Waals surface area contributed by atoms with Crippen LogP contribution in [0.15, 0.2) is 29.2 Å². The van der Waals surface area contributed by atoms with E-state index in [1.165, 1.54) is 38.1 Å². The Labute approximate surface area is 134 Å². The standard InChI is InChI=1S/C14H17N3O5S/c1-10(14(19)20)17(7-6-16-11(2)18)23(21,22)13-5-3-4-12(8-13)9-15/h3-5,8,10H,6-7H2,1-2H3,(H,16,18)(H,19,20). The van der Waals surface area contributed by atoms with Gasteiger partial charge in [0.05, 0.1) is 16.5 Å². The first-order valence-electron chi connectivity index (χ1n) is 6.69. The molecular formula is C14H17N3O5S. The number of benzene rings is 1. The molecule has 1 aromatic rings. The van der Waals surface area contributed by atoms with Gasteiger partial charge in [-0.15, -0.1) is 0 Å². The monoisotopic (exact) mass is 339 g/mol. The molecule has 1 atom stereocenters. The van der Waals surface area contributed by atoms with E-state index in [-0.39, 0.29) is 29.5 Å². The van der Waals surface area contributed by atoms with Crippen molar-refractivity contribution in [3.8, 4) is 6.07 Å². The average molecular weight is 339 g/mol. The highest BCUT2D eigenvalue weighted by atomic mass is 32.2. The lowest BCUT2D eigenvalue weighted by atomic mass is 10.2. The Bertz CT molecular complexity index is 739. The van der Waals surface area contributed by atoms with Crippen LogP contribution in [0.5, 0.6) is 0 Å². The number of nitrogens with zero attached hydrogens (tertiary/aromatic N) is 2. The zero-order chi connectivity index (χ0) is 17.6. The fourth-order valence-corrected chi connectivity index (χ4v) is 3.48. The zero-order valence-corrected chi connectivity index (χ0v) is 13.5. The molecular weight excluding hydrogens is 322 g/mol. The molecule has 124 valence electrons. The van der Waals surface area contributed by atoms with Crippen LogP contribution in [0.4, 0.5) is 0 Å². The molecule has 0 heterocycles. The van der Waals surface area contributed by atoms with E-state index in [9.17, 15) is 18.0 Å². The van der Waals surface area contributed by atoms with Crippen molar-refractivity contribution >= 4 is 21.9 Å². The number of nitriles is 1. The Morgan fingerprint density at radius 2 is 2.09 bits per heavy atom. The summed E-state index contributed by atoms with van der Waals surface area (Å²) >= 11 is 0. The maximum Gasteiger partial charge on any atom is 0.321 e. The first-order valence-corrected chi connectivity index (χ1v) is 8.13. The molecule has 2 N–H and O–H groups in total. The van der Waals surface area contributed by atoms with Crippen molar-refractivity contribution in [1.82, 2.24) is 9.62 Å². The number of rotatable bonds is 7. The Morgan fingerprint density at radius 3 is 2.61 bits per heavy atom. The summed E-state index contributed by atoms with van der Waals surface area (Å²) < 4.78 is 26.1. The molecule has 0 fully saturated rings. The van der Waals surface area contributed by atoms with E-state index in [1.807, 2.05) is 6.07 Å². The molecule has 0 radical (unpaired) electrons. The second-order valence-electron chi connectivity index (χ2n) is 4.75. The molecule has 1 rings (SSSR count). The van der Waals surface area contributed by atoms with Crippen LogP contribution in [0, 0.1) is 11.3 Å². The molecule has 0 aromatic heterocycles. The van der Waals surface area contributed by atoms with Crippen molar-refractivity contribution < 1.29 is 23.1 Å². The predicted octanol–water partition coefficient (Wildman–Crippen LogP) is 0.158. The summed E-state index contributed by atoms with van der Waals surface area (Å²) in [5, 5.41) is 20.4. The Kier molecular flexibility index (Phi) is 6.24. The van der Waals surface area contributed by atoms with Gasteiger partial charge in [0.2, 0.25) is 15.9 Å². The summed E-state index contributed by atoms with van der Waals surface area (Å²) in [6.07, 6.45) is 0. The molecule has 0 aliphatic heterocycles. The molecule has 23 heavy (non-hydrogen) atoms. The highest BCUT2D eigenvalue weighted by Crippen LogP contribution is 2.19. The number of carbonyl (C=O) groups is 2. The number of carboxylic acids is 1. The molecule has 9 heteroatoms. The van der Waals surface area contributed by atoms with Crippen LogP contribution in [-0.2, 0) is 19.6 Å². The van der Waals surface area contributed by atoms with Crippen molar-refractivity contribution in [3.63, 3.8) is 0 Å². The van der Waals surface area contributed by atoms with Crippen LogP contribution in [0.1, 0.15) is 19.4 Å². The lowest BCUT2D eigenvalue weighted by Crippen LogP contribution is -2.46. The second-order valence-corrected chi connectivity index (χ2v) is 6.64. The number of amides is 1. The van der Waals surface area contributed by atoms with Crippen LogP contribution in [0.2, 0.25) is 0 Å². The van der Waals surface area contributed by atoms with Gasteiger partial charge < -0.3 is 10.4 Å². The number of sulfonamides is 1. The number of hydrogen-bond acceptors (Lipinski definition) is 5. The molecule has 0 saturated heterocycles. The third kappa shape index (κ3) is 4.77. The normalized spacial score (nSPS) is 12.4. The number of nitrogens with one attached hydrogen (secondary N) is 1. The first-order chi connectivity index (χ1) is 10.7. The molecule has 1 unspecified atom stereocenters. The largest absolute Gasteiger partial charge is 0.480 e. The van der Waals surface area contributed by atoms with Crippen molar-refractivity contribution in [3.05, 3.63) is 29.8 Å². The summed E-state index contributed by atoms with van der Waals surface area (Å²) in [6, 6.07) is 5.83. The maximum absolute atomic E-state index is 12.7. The van der Waals surface area contributed by atoms with Gasteiger partial charge in [0.1, 0.15) is 6.04 Å². The van der Waals surface area contributed by atoms with Gasteiger partial charge in [0, 0.05) is 20.0 Å². The second kappa shape index (κ2) is 7.71. The van der Waals surface area contributed by atoms with Gasteiger partial charge >= 0.3 is 5.97 Å². The van der Waals surface area contributed by atoms with Crippen LogP contribution in [-0.4, -0.2) is 48.8 Å². The van der Waals surface area contributed by atoms with Gasteiger partial charge in [-0.05, 0) is 25.1 Å². The lowest BCUT2D eigenvalue weighted by Gasteiger charge is -2.25. The first kappa shape index (κ1) is 18.6. The third-order valence-electron chi connectivity index (χ3n) is 3.07. The maximum atomic E-state index is 12.7. The van der Waals surface area contributed by atoms with Crippen LogP contribution in [0.3, 0.4) is 0 Å². The highest BCUT2D eigenvalue weighted by Gasteiger charge is 2.32. The Balaban J connectivity index is 3.19. The third-order valence-corrected chi connectivity index (χ3v) is 5.03. The van der Waals surface area contributed by atoms with Crippen molar-refractivity contribution in [1.29, 1.82) is 5.26 Å². The Morgan fingerprint density at radius 1 is 1.43 bits per heavy atom. The van der Waals surface area contributed by atoms with Crippen molar-refractivity contribution in [2.24, 2.45) is 0 Å². The van der Waals surface area contributed by atoms with Gasteiger partial charge in [-0.3, -0.25) is 9.59 Å². The minimum Gasteiger partial charge on any atom is -0.480 e. The van der Waals surface area contributed by atoms with Gasteiger partial charge in [-0.1, -0.05) is 6.07 Å². The minimum absolute atomic E-state index is 0.0237. The van der Waals surface area contributed by atoms with E-state index in [0.717, 1.165) is 4.31 Å². The summed E-state index contributed by atoms with van der Waals surface area (Å²) in [5.74, 6) is -1.66. The van der Waals surface area contributed by atoms with Gasteiger partial charge in [-0.25, -0.2) is 8.42 Å². The van der Waals surface area contributed by atoms with Gasteiger partial charge in [0.25, 0.3) is 0 Å². The number of carboxylic acid groups (broad SMARTS) is 1. The zero-order valence-electron chi connectivity index (χ0n) is 12.7. The summed E-state index contributed by atoms with van der Waals surface area (Å²) in [5.41, 5.74) is 0.149. The quantitative estimate of drug-likeness (QED) is 0.728. The smallest absolute Gasteiger partial charge is 0.321 e. The van der Waals surface area contributed by atoms with Crippen LogP contribution in [0.25, 0.3) is 0 Å². The number of aliphatic carboxylic acids is 1. The van der Waals surface area contributed by atoms with E-state index in [1.54, 1.807) is 0 Å². The average Bonchev–Trinajstić information content (AvgIpc) is 2.50. The summed E-state index contributed by atoms with van der Waals surface area (Å²) in [7, 11) is -4.13. The molecule has 0 bridgehead atoms. The van der Waals surface area contributed by atoms with E-state index in [4.69, 9.17) is 10.4 Å². The van der Waals surface area contributed by atoms with Crippen LogP contribution < -0.4 is 5.32 Å². The topological polar surface area (TPSA) is 128 Å². The van der Waals surface area contributed by atoms with Gasteiger partial charge in [0.15, 0.2) is 0 Å². The van der Waals surface area contributed by atoms with Crippen LogP contribution >= 0.6 is 0 Å². The van der Waals surface area contributed by atoms with E-state index < -0.39 is 22.0 Å². The van der Waals surface area contributed by atoms with Crippen molar-refractivity contribution in [2.75, 3.05) is 13.1 Å². The fraction of sp³-hybridized carbons (Fsp3) is 0.357. The van der Waals surface area contributed by atoms with E-state index in [2.05, 4.69) is 5.32 Å². The molecule has 1 amide bonds. The molecule has 8 nitrogen and oxygen atoms in total. The predicted molar refractivity (Wildman–Crippen MR) is 80.8 cm³/mol. The molecule has 0 aliphatic carbocycles. The van der Waals surface area contributed by atoms with Crippen molar-refractivity contribution in [2.45, 2.75) is 24.8 Å². The number of carbonyl (C=O) groups excluding carboxylic acids is 1. The Hall–Kier alpha value is -2.44. The SMILES string of the molecule is CC(=O)NCCN(C(C)C(=O)O)S(=O)(=O)c1cccc(C#N)c1. The molecule has 0 aliphatic rings. The van der Waals surface area contributed by atoms with Gasteiger partial charge in [-0.2, -0.15) is 9.57 Å². The highest BCUT2D eigenvalue weighted by molar-refractivity contribution is 7.89. The summed E-state index contributed by atoms with van der Waals surface area (Å²) in [6.45, 7) is 2.29. The lowest BCUT2D eigenvalue weighted by molar-refractivity contribution is -0.140. The fourth-order valence-electron chi connectivity index (χ4n) is 1.85. The molecule has 1 aromatic carbocycles. The minimum atomic E-state index is -4.13. The van der Waals surface area contributed by atoms with E-state index in [0.29, 0.717) is 0 Å².